The monoisotopic (exact) mass is 367 g/mol. The van der Waals surface area contributed by atoms with E-state index in [-0.39, 0.29) is 13.0 Å². The lowest BCUT2D eigenvalue weighted by atomic mass is 10.1. The lowest BCUT2D eigenvalue weighted by Crippen LogP contribution is -2.08. The average molecular weight is 368 g/mol. The van der Waals surface area contributed by atoms with Gasteiger partial charge in [-0.2, -0.15) is 0 Å². The Labute approximate surface area is 146 Å². The molecular formula is C16H11Cl2NO3S. The van der Waals surface area contributed by atoms with E-state index in [0.717, 1.165) is 4.88 Å². The Hall–Kier alpha value is -1.82. The predicted molar refractivity (Wildman–Crippen MR) is 89.8 cm³/mol. The fourth-order valence-corrected chi connectivity index (χ4v) is 3.09. The van der Waals surface area contributed by atoms with E-state index in [0.29, 0.717) is 27.1 Å². The van der Waals surface area contributed by atoms with E-state index in [9.17, 15) is 4.79 Å². The minimum atomic E-state index is -0.394. The van der Waals surface area contributed by atoms with Gasteiger partial charge in [0, 0.05) is 16.1 Å². The van der Waals surface area contributed by atoms with Gasteiger partial charge in [-0.05, 0) is 29.1 Å². The molecule has 3 aromatic rings. The van der Waals surface area contributed by atoms with Gasteiger partial charge in [-0.1, -0.05) is 40.5 Å². The quantitative estimate of drug-likeness (QED) is 0.595. The second-order valence-corrected chi connectivity index (χ2v) is 6.52. The number of hydrogen-bond donors (Lipinski definition) is 0. The van der Waals surface area contributed by atoms with Crippen molar-refractivity contribution < 1.29 is 14.1 Å². The lowest BCUT2D eigenvalue weighted by molar-refractivity contribution is -0.144. The van der Waals surface area contributed by atoms with Crippen LogP contribution < -0.4 is 0 Å². The maximum atomic E-state index is 11.9. The number of nitrogens with zero attached hydrogens (tertiary/aromatic N) is 1. The normalized spacial score (nSPS) is 10.7. The van der Waals surface area contributed by atoms with Gasteiger partial charge >= 0.3 is 5.97 Å². The van der Waals surface area contributed by atoms with Gasteiger partial charge in [0.2, 0.25) is 0 Å². The number of aromatic nitrogens is 1. The van der Waals surface area contributed by atoms with Gasteiger partial charge in [-0.25, -0.2) is 0 Å². The number of rotatable bonds is 5. The summed E-state index contributed by atoms with van der Waals surface area (Å²) >= 11 is 13.4. The zero-order valence-corrected chi connectivity index (χ0v) is 14.1. The molecule has 0 saturated carbocycles. The van der Waals surface area contributed by atoms with Crippen molar-refractivity contribution in [3.05, 3.63) is 63.1 Å². The first-order chi connectivity index (χ1) is 11.1. The molecule has 0 aliphatic carbocycles. The number of ether oxygens (including phenoxy) is 1. The summed E-state index contributed by atoms with van der Waals surface area (Å²) in [6.07, 6.45) is 0.0750. The van der Waals surface area contributed by atoms with Gasteiger partial charge in [0.05, 0.1) is 11.3 Å². The summed E-state index contributed by atoms with van der Waals surface area (Å²) in [5.74, 6) is 0.265. The number of esters is 1. The summed E-state index contributed by atoms with van der Waals surface area (Å²) < 4.78 is 10.4. The minimum Gasteiger partial charge on any atom is -0.459 e. The van der Waals surface area contributed by atoms with Crippen LogP contribution in [0.4, 0.5) is 0 Å². The minimum absolute atomic E-state index is 0.0545. The third-order valence-corrected chi connectivity index (χ3v) is 4.53. The van der Waals surface area contributed by atoms with Gasteiger partial charge in [-0.15, -0.1) is 11.3 Å². The van der Waals surface area contributed by atoms with Gasteiger partial charge in [0.25, 0.3) is 0 Å². The third kappa shape index (κ3) is 4.13. The highest BCUT2D eigenvalue weighted by atomic mass is 35.5. The van der Waals surface area contributed by atoms with E-state index in [2.05, 4.69) is 5.16 Å². The zero-order chi connectivity index (χ0) is 16.2. The van der Waals surface area contributed by atoms with Crippen molar-refractivity contribution in [1.29, 1.82) is 0 Å². The summed E-state index contributed by atoms with van der Waals surface area (Å²) in [4.78, 5) is 12.9. The summed E-state index contributed by atoms with van der Waals surface area (Å²) in [6, 6.07) is 10.6. The van der Waals surface area contributed by atoms with Gasteiger partial charge in [0.1, 0.15) is 12.3 Å². The number of carbonyl (C=O) groups excluding carboxylic acids is 1. The van der Waals surface area contributed by atoms with E-state index in [1.807, 2.05) is 17.5 Å². The molecule has 23 heavy (non-hydrogen) atoms. The molecule has 2 heterocycles. The fraction of sp³-hybridized carbons (Fsp3) is 0.125. The van der Waals surface area contributed by atoms with Crippen LogP contribution in [0.25, 0.3) is 10.6 Å². The van der Waals surface area contributed by atoms with Gasteiger partial charge in [-0.3, -0.25) is 4.79 Å². The van der Waals surface area contributed by atoms with Crippen molar-refractivity contribution in [2.45, 2.75) is 13.0 Å². The van der Waals surface area contributed by atoms with Crippen molar-refractivity contribution in [2.24, 2.45) is 0 Å². The molecule has 0 saturated heterocycles. The molecule has 0 atom stereocenters. The molecule has 118 valence electrons. The van der Waals surface area contributed by atoms with Crippen LogP contribution in [0, 0.1) is 0 Å². The highest BCUT2D eigenvalue weighted by Crippen LogP contribution is 2.25. The highest BCUT2D eigenvalue weighted by Gasteiger charge is 2.12. The van der Waals surface area contributed by atoms with E-state index < -0.39 is 5.97 Å². The Morgan fingerprint density at radius 3 is 2.87 bits per heavy atom. The van der Waals surface area contributed by atoms with Crippen molar-refractivity contribution in [1.82, 2.24) is 5.16 Å². The molecule has 0 aliphatic heterocycles. The highest BCUT2D eigenvalue weighted by molar-refractivity contribution is 7.13. The number of carbonyl (C=O) groups is 1. The molecular weight excluding hydrogens is 357 g/mol. The molecule has 2 aromatic heterocycles. The van der Waals surface area contributed by atoms with Crippen molar-refractivity contribution >= 4 is 40.5 Å². The van der Waals surface area contributed by atoms with E-state index in [1.54, 1.807) is 35.6 Å². The molecule has 0 unspecified atom stereocenters. The lowest BCUT2D eigenvalue weighted by Gasteiger charge is -2.05. The summed E-state index contributed by atoms with van der Waals surface area (Å²) in [6.45, 7) is 0.0545. The molecule has 4 nitrogen and oxygen atoms in total. The molecule has 0 fully saturated rings. The Morgan fingerprint density at radius 1 is 1.26 bits per heavy atom. The topological polar surface area (TPSA) is 52.3 Å². The standard InChI is InChI=1S/C16H11Cl2NO3S/c17-11-4-3-10(13(18)7-11)6-16(20)21-9-12-8-14(22-19-12)15-2-1-5-23-15/h1-5,7-8H,6,9H2. The molecule has 0 amide bonds. The maximum absolute atomic E-state index is 11.9. The number of halogens is 2. The first-order valence-corrected chi connectivity index (χ1v) is 8.34. The fourth-order valence-electron chi connectivity index (χ4n) is 1.94. The van der Waals surface area contributed by atoms with Gasteiger partial charge < -0.3 is 9.26 Å². The summed E-state index contributed by atoms with van der Waals surface area (Å²) in [5, 5.41) is 6.81. The van der Waals surface area contributed by atoms with Crippen molar-refractivity contribution in [3.8, 4) is 10.6 Å². The molecule has 0 bridgehead atoms. The predicted octanol–water partition coefficient (Wildman–Crippen LogP) is 5.00. The molecule has 0 radical (unpaired) electrons. The number of thiophene rings is 1. The Balaban J connectivity index is 1.57. The zero-order valence-electron chi connectivity index (χ0n) is 11.8. The second kappa shape index (κ2) is 7.17. The van der Waals surface area contributed by atoms with Crippen LogP contribution in [-0.4, -0.2) is 11.1 Å². The number of hydrogen-bond acceptors (Lipinski definition) is 5. The molecule has 1 aromatic carbocycles. The smallest absolute Gasteiger partial charge is 0.310 e. The van der Waals surface area contributed by atoms with Crippen LogP contribution in [0.15, 0.2) is 46.3 Å². The van der Waals surface area contributed by atoms with Crippen molar-refractivity contribution in [3.63, 3.8) is 0 Å². The van der Waals surface area contributed by atoms with Crippen LogP contribution >= 0.6 is 34.5 Å². The molecule has 3 rings (SSSR count). The molecule has 0 N–H and O–H groups in total. The van der Waals surface area contributed by atoms with E-state index >= 15 is 0 Å². The van der Waals surface area contributed by atoms with Crippen LogP contribution in [-0.2, 0) is 22.6 Å². The molecule has 0 aliphatic rings. The Bertz CT molecular complexity index is 815. The molecule has 7 heteroatoms. The average Bonchev–Trinajstić information content (AvgIpc) is 3.18. The maximum Gasteiger partial charge on any atom is 0.310 e. The van der Waals surface area contributed by atoms with Crippen LogP contribution in [0.5, 0.6) is 0 Å². The number of benzene rings is 1. The van der Waals surface area contributed by atoms with Crippen molar-refractivity contribution in [2.75, 3.05) is 0 Å². The first-order valence-electron chi connectivity index (χ1n) is 6.71. The third-order valence-electron chi connectivity index (χ3n) is 3.05. The summed E-state index contributed by atoms with van der Waals surface area (Å²) in [7, 11) is 0. The largest absolute Gasteiger partial charge is 0.459 e. The van der Waals surface area contributed by atoms with E-state index in [4.69, 9.17) is 32.5 Å². The van der Waals surface area contributed by atoms with Crippen LogP contribution in [0.1, 0.15) is 11.3 Å². The van der Waals surface area contributed by atoms with Crippen LogP contribution in [0.3, 0.4) is 0 Å². The Kier molecular flexibility index (Phi) is 5.00. The van der Waals surface area contributed by atoms with E-state index in [1.165, 1.54) is 0 Å². The SMILES string of the molecule is O=C(Cc1ccc(Cl)cc1Cl)OCc1cc(-c2cccs2)on1. The first kappa shape index (κ1) is 16.1. The second-order valence-electron chi connectivity index (χ2n) is 4.73. The summed E-state index contributed by atoms with van der Waals surface area (Å²) in [5.41, 5.74) is 1.23. The van der Waals surface area contributed by atoms with Gasteiger partial charge in [0.15, 0.2) is 5.76 Å². The Morgan fingerprint density at radius 2 is 2.13 bits per heavy atom. The van der Waals surface area contributed by atoms with Crippen LogP contribution in [0.2, 0.25) is 10.0 Å². The molecule has 0 spiro atoms.